The van der Waals surface area contributed by atoms with Crippen LogP contribution in [0.15, 0.2) is 53.7 Å². The molecule has 1 aromatic heterocycles. The topological polar surface area (TPSA) is 69.5 Å². The number of rotatable bonds is 7. The molecule has 5 rings (SSSR count). The zero-order chi connectivity index (χ0) is 22.6. The molecule has 2 aliphatic heterocycles. The van der Waals surface area contributed by atoms with E-state index in [9.17, 15) is 4.79 Å². The van der Waals surface area contributed by atoms with E-state index in [1.165, 1.54) is 18.2 Å². The number of hydrogen-bond acceptors (Lipinski definition) is 6. The highest BCUT2D eigenvalue weighted by Crippen LogP contribution is 2.34. The zero-order valence-electron chi connectivity index (χ0n) is 18.8. The van der Waals surface area contributed by atoms with E-state index in [-0.39, 0.29) is 12.7 Å². The Morgan fingerprint density at radius 2 is 1.94 bits per heavy atom. The molecule has 1 amide bonds. The van der Waals surface area contributed by atoms with Crippen LogP contribution in [-0.2, 0) is 11.3 Å². The number of nitrogens with zero attached hydrogens (tertiary/aromatic N) is 4. The first-order valence-corrected chi connectivity index (χ1v) is 12.5. The molecule has 0 bridgehead atoms. The van der Waals surface area contributed by atoms with E-state index in [0.717, 1.165) is 59.4 Å². The highest BCUT2D eigenvalue weighted by molar-refractivity contribution is 7.99. The molecule has 8 heteroatoms. The van der Waals surface area contributed by atoms with Crippen molar-refractivity contribution in [2.24, 2.45) is 0 Å². The molecule has 172 valence electrons. The number of ether oxygens (including phenoxy) is 2. The summed E-state index contributed by atoms with van der Waals surface area (Å²) < 4.78 is 13.1. The van der Waals surface area contributed by atoms with Crippen LogP contribution in [0.2, 0.25) is 0 Å². The number of carbonyl (C=O) groups is 1. The molecule has 2 aliphatic rings. The van der Waals surface area contributed by atoms with Gasteiger partial charge in [-0.2, -0.15) is 0 Å². The maximum Gasteiger partial charge on any atom is 0.233 e. The van der Waals surface area contributed by atoms with E-state index >= 15 is 0 Å². The maximum absolute atomic E-state index is 13.0. The van der Waals surface area contributed by atoms with Gasteiger partial charge in [-0.15, -0.1) is 10.2 Å². The van der Waals surface area contributed by atoms with Crippen molar-refractivity contribution < 1.29 is 14.3 Å². The molecule has 1 unspecified atom stereocenters. The van der Waals surface area contributed by atoms with Gasteiger partial charge in [0.15, 0.2) is 22.5 Å². The molecule has 1 atom stereocenters. The summed E-state index contributed by atoms with van der Waals surface area (Å²) >= 11 is 1.46. The number of amides is 1. The minimum atomic E-state index is 0.186. The summed E-state index contributed by atoms with van der Waals surface area (Å²) in [5, 5.41) is 9.70. The van der Waals surface area contributed by atoms with Crippen molar-refractivity contribution in [2.75, 3.05) is 19.1 Å². The Morgan fingerprint density at radius 3 is 2.79 bits per heavy atom. The first-order chi connectivity index (χ1) is 16.2. The van der Waals surface area contributed by atoms with Crippen LogP contribution in [0.5, 0.6) is 11.5 Å². The van der Waals surface area contributed by atoms with E-state index in [1.54, 1.807) is 0 Å². The average Bonchev–Trinajstić information content (AvgIpc) is 3.49. The van der Waals surface area contributed by atoms with E-state index in [1.807, 2.05) is 48.5 Å². The van der Waals surface area contributed by atoms with Crippen LogP contribution in [-0.4, -0.2) is 50.7 Å². The Hall–Kier alpha value is -3.00. The standard InChI is InChI=1S/C25H28N4O3S/c1-2-20-10-6-7-13-28(20)23(30)16-33-25-27-26-24(19-8-4-3-5-9-19)29(25)15-18-11-12-21-22(14-18)32-17-31-21/h3-5,8-9,11-12,14,20H,2,6-7,10,13,15-17H2,1H3. The minimum Gasteiger partial charge on any atom is -0.454 e. The fourth-order valence-corrected chi connectivity index (χ4v) is 5.35. The molecule has 3 heterocycles. The predicted octanol–water partition coefficient (Wildman–Crippen LogP) is 4.61. The van der Waals surface area contributed by atoms with Crippen LogP contribution < -0.4 is 9.47 Å². The number of carbonyl (C=O) groups excluding carboxylic acids is 1. The van der Waals surface area contributed by atoms with Gasteiger partial charge in [-0.05, 0) is 43.4 Å². The lowest BCUT2D eigenvalue weighted by Gasteiger charge is -2.35. The summed E-state index contributed by atoms with van der Waals surface area (Å²) in [5.41, 5.74) is 2.05. The van der Waals surface area contributed by atoms with E-state index in [0.29, 0.717) is 18.3 Å². The monoisotopic (exact) mass is 464 g/mol. The van der Waals surface area contributed by atoms with Gasteiger partial charge in [0, 0.05) is 18.2 Å². The highest BCUT2D eigenvalue weighted by atomic mass is 32.2. The molecular formula is C25H28N4O3S. The quantitative estimate of drug-likeness (QED) is 0.476. The van der Waals surface area contributed by atoms with Gasteiger partial charge in [-0.3, -0.25) is 9.36 Å². The van der Waals surface area contributed by atoms with Crippen molar-refractivity contribution in [1.29, 1.82) is 0 Å². The molecule has 0 spiro atoms. The molecule has 2 aromatic carbocycles. The third kappa shape index (κ3) is 4.71. The molecule has 7 nitrogen and oxygen atoms in total. The first-order valence-electron chi connectivity index (χ1n) is 11.5. The maximum atomic E-state index is 13.0. The smallest absolute Gasteiger partial charge is 0.233 e. The van der Waals surface area contributed by atoms with Crippen molar-refractivity contribution in [1.82, 2.24) is 19.7 Å². The van der Waals surface area contributed by atoms with Crippen LogP contribution >= 0.6 is 11.8 Å². The molecule has 33 heavy (non-hydrogen) atoms. The summed E-state index contributed by atoms with van der Waals surface area (Å²) in [7, 11) is 0. The molecule has 0 saturated carbocycles. The second kappa shape index (κ2) is 9.87. The van der Waals surface area contributed by atoms with Gasteiger partial charge in [0.1, 0.15) is 0 Å². The normalized spacial score (nSPS) is 17.4. The number of aromatic nitrogens is 3. The minimum absolute atomic E-state index is 0.186. The average molecular weight is 465 g/mol. The lowest BCUT2D eigenvalue weighted by atomic mass is 10.0. The van der Waals surface area contributed by atoms with Crippen LogP contribution in [0.1, 0.15) is 38.2 Å². The van der Waals surface area contributed by atoms with E-state index in [4.69, 9.17) is 9.47 Å². The van der Waals surface area contributed by atoms with Gasteiger partial charge < -0.3 is 14.4 Å². The number of fused-ring (bicyclic) bond motifs is 1. The third-order valence-corrected chi connectivity index (χ3v) is 7.22. The molecule has 0 aliphatic carbocycles. The Kier molecular flexibility index (Phi) is 6.53. The molecule has 0 N–H and O–H groups in total. The molecular weight excluding hydrogens is 436 g/mol. The van der Waals surface area contributed by atoms with E-state index < -0.39 is 0 Å². The largest absolute Gasteiger partial charge is 0.454 e. The van der Waals surface area contributed by atoms with Crippen molar-refractivity contribution in [2.45, 2.75) is 50.4 Å². The van der Waals surface area contributed by atoms with Crippen LogP contribution in [0.25, 0.3) is 11.4 Å². The molecule has 1 saturated heterocycles. The molecule has 1 fully saturated rings. The highest BCUT2D eigenvalue weighted by Gasteiger charge is 2.26. The lowest BCUT2D eigenvalue weighted by molar-refractivity contribution is -0.132. The summed E-state index contributed by atoms with van der Waals surface area (Å²) in [4.78, 5) is 15.1. The number of benzene rings is 2. The molecule has 0 radical (unpaired) electrons. The summed E-state index contributed by atoms with van der Waals surface area (Å²) in [6, 6.07) is 16.3. The van der Waals surface area contributed by atoms with Crippen molar-refractivity contribution in [3.8, 4) is 22.9 Å². The SMILES string of the molecule is CCC1CCCCN1C(=O)CSc1nnc(-c2ccccc2)n1Cc1ccc2c(c1)OCO2. The number of likely N-dealkylation sites (tertiary alicyclic amines) is 1. The fourth-order valence-electron chi connectivity index (χ4n) is 4.52. The van der Waals surface area contributed by atoms with Gasteiger partial charge in [-0.25, -0.2) is 0 Å². The number of hydrogen-bond donors (Lipinski definition) is 0. The lowest BCUT2D eigenvalue weighted by Crippen LogP contribution is -2.44. The Bertz CT molecular complexity index is 1120. The van der Waals surface area contributed by atoms with Crippen molar-refractivity contribution in [3.05, 3.63) is 54.1 Å². The Balaban J connectivity index is 1.39. The van der Waals surface area contributed by atoms with E-state index in [2.05, 4.69) is 26.6 Å². The van der Waals surface area contributed by atoms with Crippen molar-refractivity contribution in [3.63, 3.8) is 0 Å². The van der Waals surface area contributed by atoms with Gasteiger partial charge in [0.25, 0.3) is 0 Å². The summed E-state index contributed by atoms with van der Waals surface area (Å²) in [6.07, 6.45) is 4.41. The van der Waals surface area contributed by atoms with Crippen LogP contribution in [0, 0.1) is 0 Å². The zero-order valence-corrected chi connectivity index (χ0v) is 19.6. The summed E-state index contributed by atoms with van der Waals surface area (Å²) in [6.45, 7) is 3.85. The van der Waals surface area contributed by atoms with Crippen LogP contribution in [0.3, 0.4) is 0 Å². The first kappa shape index (κ1) is 21.8. The van der Waals surface area contributed by atoms with Gasteiger partial charge >= 0.3 is 0 Å². The summed E-state index contributed by atoms with van der Waals surface area (Å²) in [5.74, 6) is 2.85. The molecule has 3 aromatic rings. The van der Waals surface area contributed by atoms with Gasteiger partial charge in [0.2, 0.25) is 12.7 Å². The van der Waals surface area contributed by atoms with Gasteiger partial charge in [0.05, 0.1) is 12.3 Å². The number of piperidine rings is 1. The van der Waals surface area contributed by atoms with Crippen molar-refractivity contribution >= 4 is 17.7 Å². The Labute approximate surface area is 198 Å². The van der Waals surface area contributed by atoms with Crippen LogP contribution in [0.4, 0.5) is 0 Å². The third-order valence-electron chi connectivity index (χ3n) is 6.27. The number of thioether (sulfide) groups is 1. The fraction of sp³-hybridized carbons (Fsp3) is 0.400. The Morgan fingerprint density at radius 1 is 1.09 bits per heavy atom. The predicted molar refractivity (Wildman–Crippen MR) is 127 cm³/mol. The second-order valence-corrected chi connectivity index (χ2v) is 9.32. The second-order valence-electron chi connectivity index (χ2n) is 8.38. The van der Waals surface area contributed by atoms with Gasteiger partial charge in [-0.1, -0.05) is 55.1 Å².